The Morgan fingerprint density at radius 2 is 1.86 bits per heavy atom. The van der Waals surface area contributed by atoms with E-state index in [0.717, 1.165) is 24.5 Å². The van der Waals surface area contributed by atoms with Gasteiger partial charge in [0.15, 0.2) is 0 Å². The summed E-state index contributed by atoms with van der Waals surface area (Å²) in [6.45, 7) is 3.59. The highest BCUT2D eigenvalue weighted by atomic mass is 19.4. The minimum Gasteiger partial charge on any atom is -0.356 e. The Bertz CT molecular complexity index is 803. The van der Waals surface area contributed by atoms with Crippen LogP contribution in [0.3, 0.4) is 0 Å². The predicted molar refractivity (Wildman–Crippen MR) is 99.6 cm³/mol. The summed E-state index contributed by atoms with van der Waals surface area (Å²) in [5.74, 6) is 0.654. The Morgan fingerprint density at radius 1 is 1.18 bits per heavy atom. The summed E-state index contributed by atoms with van der Waals surface area (Å²) in [6, 6.07) is 5.88. The van der Waals surface area contributed by atoms with Crippen LogP contribution in [0.15, 0.2) is 36.7 Å². The molecule has 1 aliphatic rings. The summed E-state index contributed by atoms with van der Waals surface area (Å²) in [5.41, 5.74) is 0.502. The van der Waals surface area contributed by atoms with Gasteiger partial charge in [0.05, 0.1) is 6.42 Å². The van der Waals surface area contributed by atoms with Crippen LogP contribution in [0.2, 0.25) is 0 Å². The third-order valence-electron chi connectivity index (χ3n) is 4.92. The first kappa shape index (κ1) is 20.1. The van der Waals surface area contributed by atoms with E-state index in [-0.39, 0.29) is 18.9 Å². The number of aromatic nitrogens is 2. The number of carbonyl (C=O) groups excluding carboxylic acids is 1. The molecule has 3 rings (SSSR count). The van der Waals surface area contributed by atoms with Crippen LogP contribution in [0.1, 0.15) is 36.6 Å². The summed E-state index contributed by atoms with van der Waals surface area (Å²) < 4.78 is 39.4. The molecule has 5 nitrogen and oxygen atoms in total. The van der Waals surface area contributed by atoms with Gasteiger partial charge in [-0.1, -0.05) is 13.0 Å². The van der Waals surface area contributed by atoms with Gasteiger partial charge >= 0.3 is 6.18 Å². The van der Waals surface area contributed by atoms with E-state index in [9.17, 15) is 18.0 Å². The number of nitrogens with zero attached hydrogens (tertiary/aromatic N) is 3. The molecule has 8 heteroatoms. The molecule has 0 spiro atoms. The molecular formula is C20H23F3N4O. The van der Waals surface area contributed by atoms with Crippen molar-refractivity contribution in [2.24, 2.45) is 5.92 Å². The molecule has 0 unspecified atom stereocenters. The highest BCUT2D eigenvalue weighted by Gasteiger charge is 2.34. The molecule has 1 aliphatic heterocycles. The van der Waals surface area contributed by atoms with Crippen molar-refractivity contribution in [3.05, 3.63) is 53.5 Å². The van der Waals surface area contributed by atoms with Crippen molar-refractivity contribution in [3.8, 4) is 0 Å². The second kappa shape index (κ2) is 8.58. The van der Waals surface area contributed by atoms with E-state index in [2.05, 4.69) is 22.2 Å². The molecule has 0 radical (unpaired) electrons. The normalized spacial score (nSPS) is 15.5. The zero-order valence-corrected chi connectivity index (χ0v) is 15.7. The lowest BCUT2D eigenvalue weighted by atomic mass is 9.99. The Morgan fingerprint density at radius 3 is 2.50 bits per heavy atom. The Labute approximate surface area is 162 Å². The fourth-order valence-corrected chi connectivity index (χ4v) is 3.21. The molecule has 1 fully saturated rings. The number of pyridine rings is 2. The molecule has 1 amide bonds. The van der Waals surface area contributed by atoms with Crippen molar-refractivity contribution >= 4 is 11.7 Å². The van der Waals surface area contributed by atoms with Crippen LogP contribution in [0.25, 0.3) is 0 Å². The predicted octanol–water partition coefficient (Wildman–Crippen LogP) is 3.59. The van der Waals surface area contributed by atoms with E-state index < -0.39 is 11.9 Å². The van der Waals surface area contributed by atoms with Crippen LogP contribution in [-0.4, -0.2) is 29.0 Å². The quantitative estimate of drug-likeness (QED) is 0.845. The highest BCUT2D eigenvalue weighted by molar-refractivity contribution is 5.78. The smallest absolute Gasteiger partial charge is 0.356 e. The third kappa shape index (κ3) is 5.21. The van der Waals surface area contributed by atoms with E-state index in [1.165, 1.54) is 6.07 Å². The number of anilines is 1. The molecule has 0 saturated carbocycles. The number of amides is 1. The van der Waals surface area contributed by atoms with E-state index in [1.807, 2.05) is 4.90 Å². The van der Waals surface area contributed by atoms with Crippen LogP contribution < -0.4 is 10.2 Å². The van der Waals surface area contributed by atoms with Gasteiger partial charge in [0.1, 0.15) is 11.5 Å². The lowest BCUT2D eigenvalue weighted by Gasteiger charge is -2.33. The van der Waals surface area contributed by atoms with Crippen LogP contribution in [0.4, 0.5) is 19.0 Å². The van der Waals surface area contributed by atoms with Gasteiger partial charge in [-0.2, -0.15) is 13.2 Å². The van der Waals surface area contributed by atoms with Crippen molar-refractivity contribution in [3.63, 3.8) is 0 Å². The van der Waals surface area contributed by atoms with Crippen molar-refractivity contribution in [2.45, 2.75) is 38.9 Å². The number of hydrogen-bond donors (Lipinski definition) is 1. The van der Waals surface area contributed by atoms with Gasteiger partial charge < -0.3 is 10.2 Å². The van der Waals surface area contributed by atoms with Gasteiger partial charge in [0.25, 0.3) is 0 Å². The SMILES string of the molecule is CC1CCN(c2nc(C(F)(F)F)ccc2CNC(=O)Cc2ccncc2)CC1. The Kier molecular flexibility index (Phi) is 6.16. The number of piperidine rings is 1. The monoisotopic (exact) mass is 392 g/mol. The average molecular weight is 392 g/mol. The summed E-state index contributed by atoms with van der Waals surface area (Å²) in [5, 5.41) is 2.79. The molecule has 2 aromatic rings. The van der Waals surface area contributed by atoms with Gasteiger partial charge in [-0.25, -0.2) is 4.98 Å². The molecule has 1 N–H and O–H groups in total. The molecule has 1 saturated heterocycles. The molecule has 0 aliphatic carbocycles. The number of rotatable bonds is 5. The molecule has 2 aromatic heterocycles. The van der Waals surface area contributed by atoms with E-state index in [1.54, 1.807) is 24.5 Å². The lowest BCUT2D eigenvalue weighted by molar-refractivity contribution is -0.141. The Hall–Kier alpha value is -2.64. The average Bonchev–Trinajstić information content (AvgIpc) is 2.67. The van der Waals surface area contributed by atoms with Gasteiger partial charge in [0, 0.05) is 37.6 Å². The van der Waals surface area contributed by atoms with E-state index >= 15 is 0 Å². The first-order chi connectivity index (χ1) is 13.3. The van der Waals surface area contributed by atoms with Crippen molar-refractivity contribution in [1.82, 2.24) is 15.3 Å². The van der Waals surface area contributed by atoms with Crippen LogP contribution in [0, 0.1) is 5.92 Å². The number of alkyl halides is 3. The second-order valence-corrected chi connectivity index (χ2v) is 7.16. The second-order valence-electron chi connectivity index (χ2n) is 7.16. The maximum atomic E-state index is 13.1. The Balaban J connectivity index is 1.74. The minimum absolute atomic E-state index is 0.135. The van der Waals surface area contributed by atoms with Crippen LogP contribution >= 0.6 is 0 Å². The number of nitrogens with one attached hydrogen (secondary N) is 1. The fraction of sp³-hybridized carbons (Fsp3) is 0.450. The summed E-state index contributed by atoms with van der Waals surface area (Å²) in [7, 11) is 0. The number of carbonyl (C=O) groups is 1. The fourth-order valence-electron chi connectivity index (χ4n) is 3.21. The highest BCUT2D eigenvalue weighted by Crippen LogP contribution is 2.32. The molecule has 0 aromatic carbocycles. The summed E-state index contributed by atoms with van der Waals surface area (Å²) in [6.07, 6.45) is 0.724. The van der Waals surface area contributed by atoms with Gasteiger partial charge in [0.2, 0.25) is 5.91 Å². The summed E-state index contributed by atoms with van der Waals surface area (Å²) >= 11 is 0. The molecule has 150 valence electrons. The largest absolute Gasteiger partial charge is 0.433 e. The lowest BCUT2D eigenvalue weighted by Crippen LogP contribution is -2.35. The maximum Gasteiger partial charge on any atom is 0.433 e. The van der Waals surface area contributed by atoms with Crippen LogP contribution in [0.5, 0.6) is 0 Å². The number of hydrogen-bond acceptors (Lipinski definition) is 4. The molecule has 0 atom stereocenters. The third-order valence-corrected chi connectivity index (χ3v) is 4.92. The van der Waals surface area contributed by atoms with Crippen molar-refractivity contribution in [2.75, 3.05) is 18.0 Å². The van der Waals surface area contributed by atoms with Crippen molar-refractivity contribution in [1.29, 1.82) is 0 Å². The topological polar surface area (TPSA) is 58.1 Å². The molecule has 28 heavy (non-hydrogen) atoms. The molecular weight excluding hydrogens is 369 g/mol. The molecule has 3 heterocycles. The molecule has 0 bridgehead atoms. The van der Waals surface area contributed by atoms with E-state index in [0.29, 0.717) is 30.4 Å². The first-order valence-corrected chi connectivity index (χ1v) is 9.30. The van der Waals surface area contributed by atoms with E-state index in [4.69, 9.17) is 0 Å². The van der Waals surface area contributed by atoms with Crippen molar-refractivity contribution < 1.29 is 18.0 Å². The zero-order chi connectivity index (χ0) is 20.1. The van der Waals surface area contributed by atoms with Gasteiger partial charge in [-0.15, -0.1) is 0 Å². The number of halogens is 3. The first-order valence-electron chi connectivity index (χ1n) is 9.30. The minimum atomic E-state index is -4.50. The summed E-state index contributed by atoms with van der Waals surface area (Å²) in [4.78, 5) is 21.9. The standard InChI is InChI=1S/C20H23F3N4O/c1-14-6-10-27(11-7-14)19-16(2-3-17(26-19)20(21,22)23)13-25-18(28)12-15-4-8-24-9-5-15/h2-5,8-9,14H,6-7,10-13H2,1H3,(H,25,28). The zero-order valence-electron chi connectivity index (χ0n) is 15.7. The maximum absolute atomic E-state index is 13.1. The van der Waals surface area contributed by atoms with Gasteiger partial charge in [-0.3, -0.25) is 9.78 Å². The van der Waals surface area contributed by atoms with Gasteiger partial charge in [-0.05, 0) is 42.5 Å². The van der Waals surface area contributed by atoms with Crippen LogP contribution in [-0.2, 0) is 23.9 Å².